The van der Waals surface area contributed by atoms with Gasteiger partial charge < -0.3 is 15.7 Å². The number of rotatable bonds is 5. The predicted octanol–water partition coefficient (Wildman–Crippen LogP) is 2.85. The van der Waals surface area contributed by atoms with E-state index < -0.39 is 23.9 Å². The molecule has 1 rings (SSSR count). The number of carbonyl (C=O) groups is 2. The Balaban J connectivity index is 2.68. The molecule has 0 aliphatic carbocycles. The number of benzene rings is 1. The SMILES string of the molecule is CCCC(NC(=O)Nc1cc(F)ccc1Cl)C(=O)O. The van der Waals surface area contributed by atoms with Gasteiger partial charge in [0.05, 0.1) is 10.7 Å². The highest BCUT2D eigenvalue weighted by molar-refractivity contribution is 6.33. The van der Waals surface area contributed by atoms with Crippen LogP contribution in [0.1, 0.15) is 19.8 Å². The number of hydrogen-bond acceptors (Lipinski definition) is 2. The molecule has 0 aliphatic heterocycles. The molecule has 19 heavy (non-hydrogen) atoms. The second-order valence-corrected chi connectivity index (χ2v) is 4.31. The molecule has 2 amide bonds. The largest absolute Gasteiger partial charge is 0.480 e. The molecule has 0 aromatic heterocycles. The van der Waals surface area contributed by atoms with Crippen LogP contribution in [0.15, 0.2) is 18.2 Å². The molecule has 0 fully saturated rings. The summed E-state index contributed by atoms with van der Waals surface area (Å²) >= 11 is 5.78. The van der Waals surface area contributed by atoms with Gasteiger partial charge in [-0.15, -0.1) is 0 Å². The quantitative estimate of drug-likeness (QED) is 0.779. The molecule has 1 aromatic carbocycles. The van der Waals surface area contributed by atoms with Gasteiger partial charge in [0, 0.05) is 0 Å². The summed E-state index contributed by atoms with van der Waals surface area (Å²) in [6, 6.07) is 1.78. The van der Waals surface area contributed by atoms with Crippen LogP contribution in [0.5, 0.6) is 0 Å². The molecule has 0 radical (unpaired) electrons. The summed E-state index contributed by atoms with van der Waals surface area (Å²) in [6.45, 7) is 1.80. The first-order valence-electron chi connectivity index (χ1n) is 5.69. The predicted molar refractivity (Wildman–Crippen MR) is 69.9 cm³/mol. The first-order chi connectivity index (χ1) is 8.93. The molecular formula is C12H14ClFN2O3. The van der Waals surface area contributed by atoms with Gasteiger partial charge in [-0.2, -0.15) is 0 Å². The second-order valence-electron chi connectivity index (χ2n) is 3.90. The van der Waals surface area contributed by atoms with E-state index in [9.17, 15) is 14.0 Å². The van der Waals surface area contributed by atoms with Crippen molar-refractivity contribution >= 4 is 29.3 Å². The lowest BCUT2D eigenvalue weighted by atomic mass is 10.2. The van der Waals surface area contributed by atoms with Crippen LogP contribution < -0.4 is 10.6 Å². The summed E-state index contributed by atoms with van der Waals surface area (Å²) in [5.41, 5.74) is 0.0832. The number of nitrogens with one attached hydrogen (secondary N) is 2. The normalized spacial score (nSPS) is 11.7. The van der Waals surface area contributed by atoms with E-state index in [1.54, 1.807) is 6.92 Å². The average molecular weight is 289 g/mol. The molecule has 3 N–H and O–H groups in total. The van der Waals surface area contributed by atoms with E-state index >= 15 is 0 Å². The monoisotopic (exact) mass is 288 g/mol. The van der Waals surface area contributed by atoms with E-state index in [1.807, 2.05) is 0 Å². The van der Waals surface area contributed by atoms with Gasteiger partial charge in [-0.3, -0.25) is 0 Å². The van der Waals surface area contributed by atoms with Crippen LogP contribution in [0.3, 0.4) is 0 Å². The van der Waals surface area contributed by atoms with E-state index in [0.717, 1.165) is 12.1 Å². The standard InChI is InChI=1S/C12H14ClFN2O3/c1-2-3-9(11(17)18)15-12(19)16-10-6-7(14)4-5-8(10)13/h4-6,9H,2-3H2,1H3,(H,17,18)(H2,15,16,19). The minimum atomic E-state index is -1.12. The van der Waals surface area contributed by atoms with Crippen molar-refractivity contribution in [2.24, 2.45) is 0 Å². The van der Waals surface area contributed by atoms with Gasteiger partial charge in [0.25, 0.3) is 0 Å². The Morgan fingerprint density at radius 1 is 1.47 bits per heavy atom. The maximum absolute atomic E-state index is 13.0. The molecule has 0 aliphatic rings. The summed E-state index contributed by atoms with van der Waals surface area (Å²) in [4.78, 5) is 22.5. The van der Waals surface area contributed by atoms with E-state index in [2.05, 4.69) is 10.6 Å². The summed E-state index contributed by atoms with van der Waals surface area (Å²) in [6.07, 6.45) is 0.914. The Bertz CT molecular complexity index is 482. The van der Waals surface area contributed by atoms with Crippen molar-refractivity contribution in [3.05, 3.63) is 29.0 Å². The van der Waals surface area contributed by atoms with Gasteiger partial charge in [0.2, 0.25) is 0 Å². The van der Waals surface area contributed by atoms with E-state index in [0.29, 0.717) is 12.8 Å². The van der Waals surface area contributed by atoms with E-state index in [-0.39, 0.29) is 10.7 Å². The molecule has 1 atom stereocenters. The van der Waals surface area contributed by atoms with Crippen LogP contribution in [-0.2, 0) is 4.79 Å². The fourth-order valence-electron chi connectivity index (χ4n) is 1.46. The molecule has 7 heteroatoms. The Kier molecular flexibility index (Phi) is 5.57. The zero-order valence-corrected chi connectivity index (χ0v) is 11.0. The molecule has 0 spiro atoms. The summed E-state index contributed by atoms with van der Waals surface area (Å²) in [5, 5.41) is 13.6. The maximum atomic E-state index is 13.0. The molecule has 0 saturated heterocycles. The smallest absolute Gasteiger partial charge is 0.326 e. The lowest BCUT2D eigenvalue weighted by Gasteiger charge is -2.14. The van der Waals surface area contributed by atoms with Crippen molar-refractivity contribution in [1.29, 1.82) is 0 Å². The van der Waals surface area contributed by atoms with Crippen LogP contribution in [0.2, 0.25) is 5.02 Å². The zero-order chi connectivity index (χ0) is 14.4. The molecule has 0 heterocycles. The zero-order valence-electron chi connectivity index (χ0n) is 10.2. The summed E-state index contributed by atoms with van der Waals surface area (Å²) in [5.74, 6) is -1.68. The number of amides is 2. The Morgan fingerprint density at radius 2 is 2.16 bits per heavy atom. The minimum Gasteiger partial charge on any atom is -0.480 e. The highest BCUT2D eigenvalue weighted by Crippen LogP contribution is 2.22. The Hall–Kier alpha value is -1.82. The van der Waals surface area contributed by atoms with Crippen molar-refractivity contribution < 1.29 is 19.1 Å². The summed E-state index contributed by atoms with van der Waals surface area (Å²) < 4.78 is 13.0. The number of anilines is 1. The van der Waals surface area contributed by atoms with Gasteiger partial charge >= 0.3 is 12.0 Å². The van der Waals surface area contributed by atoms with Gasteiger partial charge in [0.1, 0.15) is 11.9 Å². The number of hydrogen-bond donors (Lipinski definition) is 3. The van der Waals surface area contributed by atoms with Crippen molar-refractivity contribution in [1.82, 2.24) is 5.32 Å². The van der Waals surface area contributed by atoms with Crippen molar-refractivity contribution in [3.63, 3.8) is 0 Å². The van der Waals surface area contributed by atoms with Gasteiger partial charge in [0.15, 0.2) is 0 Å². The van der Waals surface area contributed by atoms with Crippen molar-refractivity contribution in [2.75, 3.05) is 5.32 Å². The van der Waals surface area contributed by atoms with E-state index in [1.165, 1.54) is 6.07 Å². The van der Waals surface area contributed by atoms with Crippen molar-refractivity contribution in [2.45, 2.75) is 25.8 Å². The first kappa shape index (κ1) is 15.2. The van der Waals surface area contributed by atoms with Crippen molar-refractivity contribution in [3.8, 4) is 0 Å². The Labute approximate surface area is 114 Å². The number of carbonyl (C=O) groups excluding carboxylic acids is 1. The van der Waals surface area contributed by atoms with Crippen LogP contribution in [0.4, 0.5) is 14.9 Å². The third-order valence-electron chi connectivity index (χ3n) is 2.36. The topological polar surface area (TPSA) is 78.4 Å². The number of carboxylic acid groups (broad SMARTS) is 1. The number of carboxylic acids is 1. The highest BCUT2D eigenvalue weighted by Gasteiger charge is 2.19. The fraction of sp³-hybridized carbons (Fsp3) is 0.333. The molecule has 0 saturated carbocycles. The molecule has 1 unspecified atom stereocenters. The van der Waals surface area contributed by atoms with Gasteiger partial charge in [-0.1, -0.05) is 24.9 Å². The van der Waals surface area contributed by atoms with E-state index in [4.69, 9.17) is 16.7 Å². The maximum Gasteiger partial charge on any atom is 0.326 e. The molecular weight excluding hydrogens is 275 g/mol. The fourth-order valence-corrected chi connectivity index (χ4v) is 1.62. The number of halogens is 2. The summed E-state index contributed by atoms with van der Waals surface area (Å²) in [7, 11) is 0. The van der Waals surface area contributed by atoms with Crippen LogP contribution >= 0.6 is 11.6 Å². The third-order valence-corrected chi connectivity index (χ3v) is 2.69. The molecule has 104 valence electrons. The Morgan fingerprint density at radius 3 is 2.74 bits per heavy atom. The van der Waals surface area contributed by atoms with Gasteiger partial charge in [-0.25, -0.2) is 14.0 Å². The van der Waals surface area contributed by atoms with Crippen LogP contribution in [0, 0.1) is 5.82 Å². The minimum absolute atomic E-state index is 0.0832. The average Bonchev–Trinajstić information content (AvgIpc) is 2.33. The molecule has 0 bridgehead atoms. The second kappa shape index (κ2) is 6.94. The number of urea groups is 1. The van der Waals surface area contributed by atoms with Gasteiger partial charge in [-0.05, 0) is 24.6 Å². The van der Waals surface area contributed by atoms with Crippen LogP contribution in [-0.4, -0.2) is 23.1 Å². The lowest BCUT2D eigenvalue weighted by molar-refractivity contribution is -0.139. The third kappa shape index (κ3) is 4.75. The first-order valence-corrected chi connectivity index (χ1v) is 6.07. The molecule has 5 nitrogen and oxygen atoms in total. The van der Waals surface area contributed by atoms with Crippen LogP contribution in [0.25, 0.3) is 0 Å². The number of aliphatic carboxylic acids is 1. The highest BCUT2D eigenvalue weighted by atomic mass is 35.5. The lowest BCUT2D eigenvalue weighted by Crippen LogP contribution is -2.42. The molecule has 1 aromatic rings.